The number of amides is 1. The van der Waals surface area contributed by atoms with Crippen LogP contribution < -0.4 is 10.6 Å². The largest absolute Gasteiger partial charge is 0.317 e. The van der Waals surface area contributed by atoms with Gasteiger partial charge in [-0.25, -0.2) is 9.37 Å². The van der Waals surface area contributed by atoms with E-state index in [1.807, 2.05) is 6.20 Å². The highest BCUT2D eigenvalue weighted by Gasteiger charge is 2.18. The molecule has 1 fully saturated rings. The van der Waals surface area contributed by atoms with Crippen molar-refractivity contribution in [2.45, 2.75) is 23.7 Å². The van der Waals surface area contributed by atoms with E-state index < -0.39 is 0 Å². The van der Waals surface area contributed by atoms with Gasteiger partial charge < -0.3 is 5.32 Å². The predicted octanol–water partition coefficient (Wildman–Crippen LogP) is 3.72. The molecule has 0 saturated carbocycles. The number of carbonyl (C=O) groups is 1. The molecule has 1 amide bonds. The van der Waals surface area contributed by atoms with Gasteiger partial charge in [0.05, 0.1) is 0 Å². The zero-order valence-corrected chi connectivity index (χ0v) is 14.4. The molecule has 2 heterocycles. The molecule has 1 aliphatic heterocycles. The van der Waals surface area contributed by atoms with Crippen LogP contribution >= 0.6 is 23.1 Å². The topological polar surface area (TPSA) is 54.0 Å². The number of anilines is 1. The maximum absolute atomic E-state index is 13.5. The minimum atomic E-state index is -0.309. The fourth-order valence-corrected chi connectivity index (χ4v) is 4.10. The lowest BCUT2D eigenvalue weighted by Gasteiger charge is -2.20. The lowest BCUT2D eigenvalue weighted by atomic mass is 9.97. The number of hydrogen-bond donors (Lipinski definition) is 2. The van der Waals surface area contributed by atoms with E-state index in [9.17, 15) is 9.18 Å². The Labute approximate surface area is 142 Å². The molecule has 0 unspecified atom stereocenters. The quantitative estimate of drug-likeness (QED) is 0.824. The predicted molar refractivity (Wildman–Crippen MR) is 93.1 cm³/mol. The number of halogens is 1. The first kappa shape index (κ1) is 16.4. The zero-order chi connectivity index (χ0) is 16.2. The second-order valence-electron chi connectivity index (χ2n) is 5.40. The second kappa shape index (κ2) is 7.42. The summed E-state index contributed by atoms with van der Waals surface area (Å²) in [4.78, 5) is 18.3. The molecule has 4 nitrogen and oxygen atoms in total. The van der Waals surface area contributed by atoms with Gasteiger partial charge in [-0.05, 0) is 56.3 Å². The number of benzene rings is 1. The summed E-state index contributed by atoms with van der Waals surface area (Å²) in [5.41, 5.74) is 0.439. The Morgan fingerprint density at radius 1 is 1.43 bits per heavy atom. The van der Waals surface area contributed by atoms with Crippen molar-refractivity contribution in [3.8, 4) is 0 Å². The molecule has 0 atom stereocenters. The van der Waals surface area contributed by atoms with Crippen molar-refractivity contribution in [1.29, 1.82) is 0 Å². The van der Waals surface area contributed by atoms with Crippen LogP contribution in [0, 0.1) is 5.82 Å². The highest BCUT2D eigenvalue weighted by molar-refractivity contribution is 7.98. The number of nitrogens with one attached hydrogen (secondary N) is 2. The summed E-state index contributed by atoms with van der Waals surface area (Å²) in [7, 11) is 0. The third kappa shape index (κ3) is 3.91. The van der Waals surface area contributed by atoms with Gasteiger partial charge in [0.15, 0.2) is 5.13 Å². The van der Waals surface area contributed by atoms with Gasteiger partial charge in [0.1, 0.15) is 5.82 Å². The maximum atomic E-state index is 13.5. The summed E-state index contributed by atoms with van der Waals surface area (Å²) < 4.78 is 13.5. The molecule has 7 heteroatoms. The first-order chi connectivity index (χ1) is 11.2. The molecule has 1 aliphatic rings. The number of carbonyl (C=O) groups excluding carboxylic acids is 1. The van der Waals surface area contributed by atoms with E-state index in [-0.39, 0.29) is 11.7 Å². The van der Waals surface area contributed by atoms with Crippen LogP contribution in [0.3, 0.4) is 0 Å². The molecule has 23 heavy (non-hydrogen) atoms. The van der Waals surface area contributed by atoms with E-state index >= 15 is 0 Å². The summed E-state index contributed by atoms with van der Waals surface area (Å²) in [6.07, 6.45) is 5.84. The summed E-state index contributed by atoms with van der Waals surface area (Å²) in [5.74, 6) is -0.0451. The molecular formula is C16H18FN3OS2. The Bertz CT molecular complexity index is 698. The highest BCUT2D eigenvalue weighted by atomic mass is 32.2. The number of rotatable bonds is 4. The van der Waals surface area contributed by atoms with E-state index in [4.69, 9.17) is 0 Å². The van der Waals surface area contributed by atoms with Gasteiger partial charge in [0.2, 0.25) is 0 Å². The minimum Gasteiger partial charge on any atom is -0.317 e. The normalized spacial score (nSPS) is 15.6. The molecular weight excluding hydrogens is 333 g/mol. The average Bonchev–Trinajstić information content (AvgIpc) is 3.04. The molecule has 122 valence electrons. The van der Waals surface area contributed by atoms with E-state index in [1.54, 1.807) is 12.3 Å². The first-order valence-electron chi connectivity index (χ1n) is 7.48. The van der Waals surface area contributed by atoms with Crippen molar-refractivity contribution >= 4 is 34.1 Å². The monoisotopic (exact) mass is 351 g/mol. The first-order valence-corrected chi connectivity index (χ1v) is 9.53. The van der Waals surface area contributed by atoms with Crippen molar-refractivity contribution in [3.63, 3.8) is 0 Å². The summed E-state index contributed by atoms with van der Waals surface area (Å²) in [6.45, 7) is 2.05. The Balaban J connectivity index is 1.69. The van der Waals surface area contributed by atoms with Crippen LogP contribution in [0.25, 0.3) is 0 Å². The minimum absolute atomic E-state index is 0.258. The van der Waals surface area contributed by atoms with E-state index in [0.29, 0.717) is 21.5 Å². The van der Waals surface area contributed by atoms with Gasteiger partial charge in [-0.1, -0.05) is 0 Å². The van der Waals surface area contributed by atoms with Gasteiger partial charge in [-0.3, -0.25) is 10.1 Å². The van der Waals surface area contributed by atoms with Crippen LogP contribution in [0.1, 0.15) is 34.0 Å². The van der Waals surface area contributed by atoms with E-state index in [2.05, 4.69) is 15.6 Å². The van der Waals surface area contributed by atoms with Gasteiger partial charge in [0, 0.05) is 21.5 Å². The smallest absolute Gasteiger partial charge is 0.257 e. The Hall–Kier alpha value is -1.44. The SMILES string of the molecule is CSc1cc(C(=O)Nc2ncc(C3CCNCC3)s2)ccc1F. The van der Waals surface area contributed by atoms with Crippen molar-refractivity contribution < 1.29 is 9.18 Å². The molecule has 1 aromatic heterocycles. The molecule has 3 rings (SSSR count). The van der Waals surface area contributed by atoms with Crippen LogP contribution in [-0.2, 0) is 0 Å². The van der Waals surface area contributed by atoms with Crippen LogP contribution in [0.15, 0.2) is 29.3 Å². The van der Waals surface area contributed by atoms with E-state index in [0.717, 1.165) is 25.9 Å². The van der Waals surface area contributed by atoms with Crippen LogP contribution in [0.5, 0.6) is 0 Å². The molecule has 2 aromatic rings. The van der Waals surface area contributed by atoms with Gasteiger partial charge in [-0.2, -0.15) is 0 Å². The Kier molecular flexibility index (Phi) is 5.30. The van der Waals surface area contributed by atoms with Crippen molar-refractivity contribution in [3.05, 3.63) is 40.7 Å². The van der Waals surface area contributed by atoms with Crippen LogP contribution in [0.4, 0.5) is 9.52 Å². The van der Waals surface area contributed by atoms with Gasteiger partial charge in [-0.15, -0.1) is 23.1 Å². The lowest BCUT2D eigenvalue weighted by Crippen LogP contribution is -2.26. The molecule has 1 aromatic carbocycles. The number of thiazole rings is 1. The molecule has 0 spiro atoms. The number of hydrogen-bond acceptors (Lipinski definition) is 5. The molecule has 2 N–H and O–H groups in total. The second-order valence-corrected chi connectivity index (χ2v) is 7.31. The number of nitrogens with zero attached hydrogens (tertiary/aromatic N) is 1. The van der Waals surface area contributed by atoms with Gasteiger partial charge in [0.25, 0.3) is 5.91 Å². The standard InChI is InChI=1S/C16H18FN3OS2/c1-22-13-8-11(2-3-12(13)17)15(21)20-16-19-9-14(23-16)10-4-6-18-7-5-10/h2-3,8-10,18H,4-7H2,1H3,(H,19,20,21). The maximum Gasteiger partial charge on any atom is 0.257 e. The summed E-state index contributed by atoms with van der Waals surface area (Å²) in [5, 5.41) is 6.75. The van der Waals surface area contributed by atoms with Crippen molar-refractivity contribution in [1.82, 2.24) is 10.3 Å². The Morgan fingerprint density at radius 2 is 2.22 bits per heavy atom. The molecule has 0 bridgehead atoms. The van der Waals surface area contributed by atoms with Crippen molar-refractivity contribution in [2.75, 3.05) is 24.7 Å². The van der Waals surface area contributed by atoms with Gasteiger partial charge >= 0.3 is 0 Å². The number of piperidine rings is 1. The fourth-order valence-electron chi connectivity index (χ4n) is 2.61. The number of thioether (sulfide) groups is 1. The lowest BCUT2D eigenvalue weighted by molar-refractivity contribution is 0.102. The molecule has 0 radical (unpaired) electrons. The molecule has 1 saturated heterocycles. The third-order valence-corrected chi connectivity index (χ3v) is 5.73. The number of aromatic nitrogens is 1. The highest BCUT2D eigenvalue weighted by Crippen LogP contribution is 2.32. The Morgan fingerprint density at radius 3 is 2.96 bits per heavy atom. The van der Waals surface area contributed by atoms with Crippen molar-refractivity contribution in [2.24, 2.45) is 0 Å². The van der Waals surface area contributed by atoms with E-state index in [1.165, 1.54) is 40.1 Å². The van der Waals surface area contributed by atoms with Crippen LogP contribution in [0.2, 0.25) is 0 Å². The van der Waals surface area contributed by atoms with Crippen LogP contribution in [-0.4, -0.2) is 30.2 Å². The summed E-state index contributed by atoms with van der Waals surface area (Å²) >= 11 is 2.81. The molecule has 0 aliphatic carbocycles. The zero-order valence-electron chi connectivity index (χ0n) is 12.8. The average molecular weight is 351 g/mol. The fraction of sp³-hybridized carbons (Fsp3) is 0.375. The third-order valence-electron chi connectivity index (χ3n) is 3.90. The summed E-state index contributed by atoms with van der Waals surface area (Å²) in [6, 6.07) is 4.38.